The standard InChI is InChI=1S/C27H29NO5S/c1-4-9-18-10-5-7-12-21(18)31-16-19-14-15-22(33-19)25(29)28-26-24(27(30)32-17(2)3)20-11-6-8-13-23(20)34-26/h4-5,7,10,12,14-15,17H,1,6,8-9,11,13,16H2,2-3H3,(H,28,29). The third-order valence-corrected chi connectivity index (χ3v) is 6.74. The Kier molecular flexibility index (Phi) is 7.53. The number of aryl methyl sites for hydroxylation is 1. The summed E-state index contributed by atoms with van der Waals surface area (Å²) in [5.74, 6) is 0.644. The number of hydrogen-bond acceptors (Lipinski definition) is 6. The van der Waals surface area contributed by atoms with Crippen LogP contribution in [0, 0.1) is 0 Å². The van der Waals surface area contributed by atoms with Gasteiger partial charge in [0.25, 0.3) is 5.91 Å². The Morgan fingerprint density at radius 2 is 1.97 bits per heavy atom. The second-order valence-electron chi connectivity index (χ2n) is 8.48. The van der Waals surface area contributed by atoms with E-state index in [1.807, 2.05) is 44.2 Å². The van der Waals surface area contributed by atoms with E-state index in [0.29, 0.717) is 22.7 Å². The molecule has 0 unspecified atom stereocenters. The fourth-order valence-electron chi connectivity index (χ4n) is 4.00. The summed E-state index contributed by atoms with van der Waals surface area (Å²) in [5.41, 5.74) is 2.52. The van der Waals surface area contributed by atoms with Gasteiger partial charge in [0.2, 0.25) is 0 Å². The maximum Gasteiger partial charge on any atom is 0.341 e. The van der Waals surface area contributed by atoms with Gasteiger partial charge in [-0.05, 0) is 75.3 Å². The van der Waals surface area contributed by atoms with Crippen molar-refractivity contribution < 1.29 is 23.5 Å². The molecule has 0 saturated heterocycles. The van der Waals surface area contributed by atoms with Crippen LogP contribution >= 0.6 is 11.3 Å². The van der Waals surface area contributed by atoms with Gasteiger partial charge in [-0.2, -0.15) is 0 Å². The van der Waals surface area contributed by atoms with Gasteiger partial charge in [0.1, 0.15) is 23.1 Å². The van der Waals surface area contributed by atoms with Gasteiger partial charge in [-0.25, -0.2) is 4.79 Å². The minimum Gasteiger partial charge on any atom is -0.485 e. The molecule has 0 aliphatic heterocycles. The normalized spacial score (nSPS) is 12.8. The number of hydrogen-bond donors (Lipinski definition) is 1. The SMILES string of the molecule is C=CCc1ccccc1OCc1ccc(C(=O)Nc2sc3c(c2C(=O)OC(C)C)CCCC3)o1. The summed E-state index contributed by atoms with van der Waals surface area (Å²) in [4.78, 5) is 26.9. The van der Waals surface area contributed by atoms with Crippen molar-refractivity contribution in [2.24, 2.45) is 0 Å². The average molecular weight is 480 g/mol. The average Bonchev–Trinajstić information content (AvgIpc) is 3.42. The zero-order valence-electron chi connectivity index (χ0n) is 19.5. The fourth-order valence-corrected chi connectivity index (χ4v) is 5.28. The summed E-state index contributed by atoms with van der Waals surface area (Å²) in [7, 11) is 0. The third-order valence-electron chi connectivity index (χ3n) is 5.54. The molecular weight excluding hydrogens is 450 g/mol. The Morgan fingerprint density at radius 3 is 2.76 bits per heavy atom. The molecule has 0 spiro atoms. The highest BCUT2D eigenvalue weighted by atomic mass is 32.1. The highest BCUT2D eigenvalue weighted by Crippen LogP contribution is 2.39. The minimum atomic E-state index is -0.407. The molecule has 1 aromatic carbocycles. The van der Waals surface area contributed by atoms with E-state index < -0.39 is 11.9 Å². The number of nitrogens with one attached hydrogen (secondary N) is 1. The zero-order chi connectivity index (χ0) is 24.1. The zero-order valence-corrected chi connectivity index (χ0v) is 20.3. The van der Waals surface area contributed by atoms with Crippen molar-refractivity contribution in [1.82, 2.24) is 0 Å². The van der Waals surface area contributed by atoms with Gasteiger partial charge in [0, 0.05) is 4.88 Å². The molecule has 0 saturated carbocycles. The Hall–Kier alpha value is -3.32. The Labute approximate surface area is 203 Å². The molecule has 1 amide bonds. The molecule has 6 nitrogen and oxygen atoms in total. The van der Waals surface area contributed by atoms with Crippen LogP contribution in [-0.4, -0.2) is 18.0 Å². The lowest BCUT2D eigenvalue weighted by Gasteiger charge is -2.14. The van der Waals surface area contributed by atoms with E-state index in [4.69, 9.17) is 13.9 Å². The molecule has 1 aliphatic rings. The minimum absolute atomic E-state index is 0.160. The van der Waals surface area contributed by atoms with Crippen molar-refractivity contribution in [1.29, 1.82) is 0 Å². The van der Waals surface area contributed by atoms with Crippen LogP contribution < -0.4 is 10.1 Å². The van der Waals surface area contributed by atoms with Gasteiger partial charge in [-0.3, -0.25) is 4.79 Å². The van der Waals surface area contributed by atoms with E-state index in [2.05, 4.69) is 11.9 Å². The van der Waals surface area contributed by atoms with Crippen molar-refractivity contribution in [3.8, 4) is 5.75 Å². The van der Waals surface area contributed by atoms with Crippen LogP contribution in [0.4, 0.5) is 5.00 Å². The molecule has 3 aromatic rings. The fraction of sp³-hybridized carbons (Fsp3) is 0.333. The van der Waals surface area contributed by atoms with Crippen LogP contribution in [0.5, 0.6) is 5.75 Å². The summed E-state index contributed by atoms with van der Waals surface area (Å²) in [6, 6.07) is 11.1. The highest BCUT2D eigenvalue weighted by Gasteiger charge is 2.28. The van der Waals surface area contributed by atoms with E-state index in [1.165, 1.54) is 11.3 Å². The summed E-state index contributed by atoms with van der Waals surface area (Å²) in [6.45, 7) is 7.61. The van der Waals surface area contributed by atoms with Gasteiger partial charge in [0.05, 0.1) is 11.7 Å². The van der Waals surface area contributed by atoms with Gasteiger partial charge >= 0.3 is 5.97 Å². The molecule has 2 heterocycles. The Balaban J connectivity index is 1.47. The van der Waals surface area contributed by atoms with Crippen molar-refractivity contribution in [2.75, 3.05) is 5.32 Å². The number of ether oxygens (including phenoxy) is 2. The van der Waals surface area contributed by atoms with Crippen LogP contribution in [0.25, 0.3) is 0 Å². The van der Waals surface area contributed by atoms with Crippen molar-refractivity contribution >= 4 is 28.2 Å². The topological polar surface area (TPSA) is 77.8 Å². The lowest BCUT2D eigenvalue weighted by Crippen LogP contribution is -2.17. The smallest absolute Gasteiger partial charge is 0.341 e. The Bertz CT molecular complexity index is 1190. The maximum absolute atomic E-state index is 12.9. The first-order valence-electron chi connectivity index (χ1n) is 11.5. The molecule has 4 rings (SSSR count). The van der Waals surface area contributed by atoms with E-state index in [1.54, 1.807) is 12.1 Å². The van der Waals surface area contributed by atoms with E-state index in [0.717, 1.165) is 47.4 Å². The largest absolute Gasteiger partial charge is 0.485 e. The molecule has 7 heteroatoms. The van der Waals surface area contributed by atoms with E-state index in [9.17, 15) is 9.59 Å². The van der Waals surface area contributed by atoms with Crippen LogP contribution in [-0.2, 0) is 30.6 Å². The summed E-state index contributed by atoms with van der Waals surface area (Å²) in [5, 5.41) is 3.41. The number of benzene rings is 1. The second kappa shape index (κ2) is 10.7. The van der Waals surface area contributed by atoms with Gasteiger partial charge in [-0.15, -0.1) is 17.9 Å². The number of anilines is 1. The summed E-state index contributed by atoms with van der Waals surface area (Å²) in [6.07, 6.45) is 6.12. The molecule has 0 radical (unpaired) electrons. The summed E-state index contributed by atoms with van der Waals surface area (Å²) >= 11 is 1.45. The number of para-hydroxylation sites is 1. The maximum atomic E-state index is 12.9. The molecule has 34 heavy (non-hydrogen) atoms. The molecule has 0 bridgehead atoms. The number of thiophene rings is 1. The number of carbonyl (C=O) groups is 2. The molecule has 0 fully saturated rings. The number of amides is 1. The molecule has 1 aliphatic carbocycles. The number of fused-ring (bicyclic) bond motifs is 1. The molecule has 2 aromatic heterocycles. The lowest BCUT2D eigenvalue weighted by atomic mass is 9.95. The molecule has 1 N–H and O–H groups in total. The van der Waals surface area contributed by atoms with Crippen LogP contribution in [0.2, 0.25) is 0 Å². The van der Waals surface area contributed by atoms with Gasteiger partial charge < -0.3 is 19.2 Å². The van der Waals surface area contributed by atoms with Crippen LogP contribution in [0.3, 0.4) is 0 Å². The van der Waals surface area contributed by atoms with Crippen molar-refractivity contribution in [3.05, 3.63) is 82.1 Å². The number of allylic oxidation sites excluding steroid dienone is 1. The number of esters is 1. The van der Waals surface area contributed by atoms with Crippen molar-refractivity contribution in [3.63, 3.8) is 0 Å². The molecule has 178 valence electrons. The molecule has 0 atom stereocenters. The predicted octanol–water partition coefficient (Wildman–Crippen LogP) is 6.34. The number of rotatable bonds is 9. The lowest BCUT2D eigenvalue weighted by molar-refractivity contribution is 0.0378. The first-order chi connectivity index (χ1) is 16.5. The Morgan fingerprint density at radius 1 is 1.18 bits per heavy atom. The van der Waals surface area contributed by atoms with Crippen LogP contribution in [0.1, 0.15) is 69.4 Å². The number of furan rings is 1. The van der Waals surface area contributed by atoms with Gasteiger partial charge in [0.15, 0.2) is 5.76 Å². The quantitative estimate of drug-likeness (QED) is 0.286. The first-order valence-corrected chi connectivity index (χ1v) is 12.3. The number of carbonyl (C=O) groups excluding carboxylic acids is 2. The predicted molar refractivity (Wildman–Crippen MR) is 133 cm³/mol. The monoisotopic (exact) mass is 479 g/mol. The van der Waals surface area contributed by atoms with E-state index in [-0.39, 0.29) is 18.5 Å². The van der Waals surface area contributed by atoms with Crippen molar-refractivity contribution in [2.45, 2.75) is 58.7 Å². The van der Waals surface area contributed by atoms with Gasteiger partial charge in [-0.1, -0.05) is 24.3 Å². The van der Waals surface area contributed by atoms with Crippen LogP contribution in [0.15, 0.2) is 53.5 Å². The second-order valence-corrected chi connectivity index (χ2v) is 9.58. The molecular formula is C27H29NO5S. The third kappa shape index (κ3) is 5.42. The first kappa shape index (κ1) is 23.8. The van der Waals surface area contributed by atoms with E-state index >= 15 is 0 Å². The highest BCUT2D eigenvalue weighted by molar-refractivity contribution is 7.17. The summed E-state index contributed by atoms with van der Waals surface area (Å²) < 4.78 is 17.1.